The second-order valence-electron chi connectivity index (χ2n) is 6.09. The highest BCUT2D eigenvalue weighted by atomic mass is 32.1. The number of rotatable bonds is 4. The molecule has 0 fully saturated rings. The van der Waals surface area contributed by atoms with Gasteiger partial charge in [0, 0.05) is 17.0 Å². The smallest absolute Gasteiger partial charge is 0.250 e. The molecular formula is C21H20N2OS. The van der Waals surface area contributed by atoms with Gasteiger partial charge >= 0.3 is 0 Å². The molecule has 3 aromatic rings. The summed E-state index contributed by atoms with van der Waals surface area (Å²) in [7, 11) is 0. The lowest BCUT2D eigenvalue weighted by molar-refractivity contribution is -0.111. The lowest BCUT2D eigenvalue weighted by Crippen LogP contribution is -2.07. The lowest BCUT2D eigenvalue weighted by atomic mass is 10.0. The van der Waals surface area contributed by atoms with E-state index in [0.717, 1.165) is 16.8 Å². The van der Waals surface area contributed by atoms with Gasteiger partial charge in [0.25, 0.3) is 0 Å². The van der Waals surface area contributed by atoms with Crippen molar-refractivity contribution in [2.75, 3.05) is 5.32 Å². The molecule has 0 spiro atoms. The average molecular weight is 348 g/mol. The van der Waals surface area contributed by atoms with E-state index in [1.165, 1.54) is 34.1 Å². The number of benzene rings is 2. The standard InChI is InChI=1S/C21H20N2OS/c1-14-4-7-17(8-5-14)9-11-20(24)23-21-22-19(13-25-21)18-10-6-15(2)12-16(18)3/h4-13H,1-3H3,(H,22,23,24). The number of amides is 1. The van der Waals surface area contributed by atoms with Gasteiger partial charge in [0.15, 0.2) is 5.13 Å². The summed E-state index contributed by atoms with van der Waals surface area (Å²) in [6.45, 7) is 6.18. The van der Waals surface area contributed by atoms with Gasteiger partial charge in [-0.2, -0.15) is 0 Å². The number of thiazole rings is 1. The Balaban J connectivity index is 1.68. The average Bonchev–Trinajstić information content (AvgIpc) is 3.02. The van der Waals surface area contributed by atoms with Crippen LogP contribution in [0.15, 0.2) is 53.9 Å². The first-order chi connectivity index (χ1) is 12.0. The molecule has 1 aromatic heterocycles. The third kappa shape index (κ3) is 4.43. The van der Waals surface area contributed by atoms with Crippen LogP contribution in [-0.2, 0) is 4.79 Å². The predicted molar refractivity (Wildman–Crippen MR) is 106 cm³/mol. The van der Waals surface area contributed by atoms with Gasteiger partial charge in [0.2, 0.25) is 5.91 Å². The van der Waals surface area contributed by atoms with Crippen molar-refractivity contribution in [3.8, 4) is 11.3 Å². The summed E-state index contributed by atoms with van der Waals surface area (Å²) in [4.78, 5) is 16.6. The normalized spacial score (nSPS) is 11.0. The Morgan fingerprint density at radius 1 is 1.04 bits per heavy atom. The second-order valence-corrected chi connectivity index (χ2v) is 6.95. The van der Waals surface area contributed by atoms with Crippen molar-refractivity contribution in [2.24, 2.45) is 0 Å². The van der Waals surface area contributed by atoms with Crippen molar-refractivity contribution in [1.82, 2.24) is 4.98 Å². The van der Waals surface area contributed by atoms with E-state index in [0.29, 0.717) is 5.13 Å². The molecule has 4 heteroatoms. The minimum Gasteiger partial charge on any atom is -0.298 e. The quantitative estimate of drug-likeness (QED) is 0.643. The number of hydrogen-bond acceptors (Lipinski definition) is 3. The summed E-state index contributed by atoms with van der Waals surface area (Å²) in [5.74, 6) is -0.179. The molecule has 0 bridgehead atoms. The molecule has 0 aliphatic heterocycles. The Morgan fingerprint density at radius 3 is 2.48 bits per heavy atom. The third-order valence-electron chi connectivity index (χ3n) is 3.90. The Bertz CT molecular complexity index is 923. The number of carbonyl (C=O) groups excluding carboxylic acids is 1. The van der Waals surface area contributed by atoms with E-state index in [2.05, 4.69) is 42.3 Å². The van der Waals surface area contributed by atoms with Crippen LogP contribution < -0.4 is 5.32 Å². The van der Waals surface area contributed by atoms with Crippen molar-refractivity contribution in [3.05, 3.63) is 76.2 Å². The Morgan fingerprint density at radius 2 is 1.76 bits per heavy atom. The first kappa shape index (κ1) is 17.1. The van der Waals surface area contributed by atoms with Gasteiger partial charge in [-0.3, -0.25) is 10.1 Å². The van der Waals surface area contributed by atoms with E-state index in [4.69, 9.17) is 0 Å². The third-order valence-corrected chi connectivity index (χ3v) is 4.65. The summed E-state index contributed by atoms with van der Waals surface area (Å²) in [5, 5.41) is 5.40. The molecule has 3 rings (SSSR count). The number of nitrogens with one attached hydrogen (secondary N) is 1. The zero-order valence-electron chi connectivity index (χ0n) is 14.5. The van der Waals surface area contributed by atoms with Gasteiger partial charge in [0.1, 0.15) is 0 Å². The molecule has 1 heterocycles. The fourth-order valence-corrected chi connectivity index (χ4v) is 3.27. The van der Waals surface area contributed by atoms with Crippen LogP contribution in [0.2, 0.25) is 0 Å². The van der Waals surface area contributed by atoms with E-state index in [9.17, 15) is 4.79 Å². The molecule has 0 atom stereocenters. The maximum Gasteiger partial charge on any atom is 0.250 e. The topological polar surface area (TPSA) is 42.0 Å². The van der Waals surface area contributed by atoms with Crippen LogP contribution in [0.3, 0.4) is 0 Å². The monoisotopic (exact) mass is 348 g/mol. The molecule has 0 aliphatic carbocycles. The minimum absolute atomic E-state index is 0.179. The minimum atomic E-state index is -0.179. The van der Waals surface area contributed by atoms with Crippen molar-refractivity contribution in [2.45, 2.75) is 20.8 Å². The number of aromatic nitrogens is 1. The molecule has 126 valence electrons. The van der Waals surface area contributed by atoms with E-state index in [-0.39, 0.29) is 5.91 Å². The SMILES string of the molecule is Cc1ccc(C=CC(=O)Nc2nc(-c3ccc(C)cc3C)cs2)cc1. The van der Waals surface area contributed by atoms with Crippen LogP contribution in [0.1, 0.15) is 22.3 Å². The van der Waals surface area contributed by atoms with Crippen LogP contribution in [-0.4, -0.2) is 10.9 Å². The summed E-state index contributed by atoms with van der Waals surface area (Å²) in [5.41, 5.74) is 6.59. The van der Waals surface area contributed by atoms with Gasteiger partial charge in [-0.1, -0.05) is 53.6 Å². The van der Waals surface area contributed by atoms with Gasteiger partial charge in [-0.05, 0) is 38.0 Å². The molecule has 0 saturated heterocycles. The van der Waals surface area contributed by atoms with Crippen LogP contribution in [0.4, 0.5) is 5.13 Å². The van der Waals surface area contributed by atoms with Crippen LogP contribution in [0.5, 0.6) is 0 Å². The fourth-order valence-electron chi connectivity index (χ4n) is 2.55. The number of carbonyl (C=O) groups is 1. The highest BCUT2D eigenvalue weighted by molar-refractivity contribution is 7.14. The summed E-state index contributed by atoms with van der Waals surface area (Å²) >= 11 is 1.43. The van der Waals surface area contributed by atoms with Crippen molar-refractivity contribution in [1.29, 1.82) is 0 Å². The maximum absolute atomic E-state index is 12.1. The van der Waals surface area contributed by atoms with Crippen molar-refractivity contribution in [3.63, 3.8) is 0 Å². The summed E-state index contributed by atoms with van der Waals surface area (Å²) in [6.07, 6.45) is 3.33. The van der Waals surface area contributed by atoms with Crippen molar-refractivity contribution < 1.29 is 4.79 Å². The zero-order chi connectivity index (χ0) is 17.8. The lowest BCUT2D eigenvalue weighted by Gasteiger charge is -2.03. The maximum atomic E-state index is 12.1. The van der Waals surface area contributed by atoms with E-state index >= 15 is 0 Å². The number of hydrogen-bond donors (Lipinski definition) is 1. The summed E-state index contributed by atoms with van der Waals surface area (Å²) < 4.78 is 0. The van der Waals surface area contributed by atoms with Crippen molar-refractivity contribution >= 4 is 28.5 Å². The largest absolute Gasteiger partial charge is 0.298 e. The molecular weight excluding hydrogens is 328 g/mol. The molecule has 0 saturated carbocycles. The van der Waals surface area contributed by atoms with E-state index in [1.54, 1.807) is 6.08 Å². The van der Waals surface area contributed by atoms with Crippen LogP contribution >= 0.6 is 11.3 Å². The first-order valence-electron chi connectivity index (χ1n) is 8.10. The highest BCUT2D eigenvalue weighted by Gasteiger charge is 2.08. The number of aryl methyl sites for hydroxylation is 3. The molecule has 1 amide bonds. The Kier molecular flexibility index (Phi) is 5.10. The number of anilines is 1. The first-order valence-corrected chi connectivity index (χ1v) is 8.98. The molecule has 2 aromatic carbocycles. The molecule has 1 N–H and O–H groups in total. The molecule has 3 nitrogen and oxygen atoms in total. The Labute approximate surface area is 152 Å². The molecule has 0 unspecified atom stereocenters. The molecule has 0 radical (unpaired) electrons. The van der Waals surface area contributed by atoms with Gasteiger partial charge in [-0.15, -0.1) is 11.3 Å². The second kappa shape index (κ2) is 7.45. The van der Waals surface area contributed by atoms with Gasteiger partial charge in [0.05, 0.1) is 5.69 Å². The van der Waals surface area contributed by atoms with Crippen LogP contribution in [0, 0.1) is 20.8 Å². The summed E-state index contributed by atoms with van der Waals surface area (Å²) in [6, 6.07) is 14.3. The van der Waals surface area contributed by atoms with Gasteiger partial charge < -0.3 is 0 Å². The van der Waals surface area contributed by atoms with Gasteiger partial charge in [-0.25, -0.2) is 4.98 Å². The van der Waals surface area contributed by atoms with E-state index < -0.39 is 0 Å². The Hall–Kier alpha value is -2.72. The predicted octanol–water partition coefficient (Wildman–Crippen LogP) is 5.39. The van der Waals surface area contributed by atoms with Crippen LogP contribution in [0.25, 0.3) is 17.3 Å². The fraction of sp³-hybridized carbons (Fsp3) is 0.143. The van der Waals surface area contributed by atoms with E-state index in [1.807, 2.05) is 36.6 Å². The molecule has 0 aliphatic rings. The zero-order valence-corrected chi connectivity index (χ0v) is 15.4. The number of nitrogens with zero attached hydrogens (tertiary/aromatic N) is 1. The molecule has 25 heavy (non-hydrogen) atoms. The highest BCUT2D eigenvalue weighted by Crippen LogP contribution is 2.28.